The van der Waals surface area contributed by atoms with E-state index in [-0.39, 0.29) is 30.2 Å². The average Bonchev–Trinajstić information content (AvgIpc) is 3.03. The lowest BCUT2D eigenvalue weighted by atomic mass is 9.98. The van der Waals surface area contributed by atoms with Gasteiger partial charge in [0.25, 0.3) is 0 Å². The Kier molecular flexibility index (Phi) is 6.61. The fourth-order valence-corrected chi connectivity index (χ4v) is 3.83. The summed E-state index contributed by atoms with van der Waals surface area (Å²) in [6.45, 7) is 5.74. The van der Waals surface area contributed by atoms with Gasteiger partial charge in [0, 0.05) is 25.3 Å². The molecule has 1 aromatic rings. The molecule has 2 fully saturated rings. The largest absolute Gasteiger partial charge is 0.462 e. The van der Waals surface area contributed by atoms with Crippen LogP contribution in [0.5, 0.6) is 0 Å². The lowest BCUT2D eigenvalue weighted by molar-refractivity contribution is -0.121. The summed E-state index contributed by atoms with van der Waals surface area (Å²) in [5.41, 5.74) is 0.614. The van der Waals surface area contributed by atoms with Crippen molar-refractivity contribution in [2.75, 3.05) is 31.1 Å². The lowest BCUT2D eigenvalue weighted by Gasteiger charge is -2.32. The maximum Gasteiger partial charge on any atom is 0.340 e. The number of benzene rings is 1. The second-order valence-corrected chi connectivity index (χ2v) is 7.40. The Bertz CT molecular complexity index is 687. The van der Waals surface area contributed by atoms with Gasteiger partial charge in [-0.05, 0) is 44.5 Å². The highest BCUT2D eigenvalue weighted by atomic mass is 16.5. The summed E-state index contributed by atoms with van der Waals surface area (Å²) in [6.07, 6.45) is 4.94. The molecule has 2 aliphatic heterocycles. The molecule has 0 bridgehead atoms. The van der Waals surface area contributed by atoms with Crippen molar-refractivity contribution >= 4 is 23.5 Å². The standard InChI is InChI=1S/C21H28N2O4/c1-2-3-12-22-13-6-7-16(14-22)15-27-21(26)17-8-4-5-9-18(17)23-19(24)10-11-20(23)25/h4-5,8-9,16H,2-3,6-7,10-15H2,1H3/t16-/m0/s1. The number of ether oxygens (including phenoxy) is 1. The highest BCUT2D eigenvalue weighted by molar-refractivity contribution is 6.21. The SMILES string of the molecule is CCCCN1CCC[C@H](COC(=O)c2ccccc2N2C(=O)CCC2=O)C1. The molecular weight excluding hydrogens is 344 g/mol. The third-order valence-corrected chi connectivity index (χ3v) is 5.30. The molecule has 0 unspecified atom stereocenters. The summed E-state index contributed by atoms with van der Waals surface area (Å²) in [4.78, 5) is 40.3. The van der Waals surface area contributed by atoms with E-state index >= 15 is 0 Å². The quantitative estimate of drug-likeness (QED) is 0.544. The Morgan fingerprint density at radius 3 is 2.67 bits per heavy atom. The van der Waals surface area contributed by atoms with E-state index in [9.17, 15) is 14.4 Å². The molecule has 0 N–H and O–H groups in total. The Morgan fingerprint density at radius 1 is 1.19 bits per heavy atom. The second-order valence-electron chi connectivity index (χ2n) is 7.40. The molecule has 2 amide bonds. The zero-order chi connectivity index (χ0) is 19.2. The molecule has 6 nitrogen and oxygen atoms in total. The molecule has 1 atom stereocenters. The van der Waals surface area contributed by atoms with Crippen LogP contribution in [0.2, 0.25) is 0 Å². The number of imide groups is 1. The number of rotatable bonds is 7. The van der Waals surface area contributed by atoms with E-state index in [1.165, 1.54) is 12.8 Å². The van der Waals surface area contributed by atoms with Crippen LogP contribution in [-0.4, -0.2) is 48.9 Å². The number of anilines is 1. The minimum Gasteiger partial charge on any atom is -0.462 e. The molecule has 146 valence electrons. The van der Waals surface area contributed by atoms with Crippen LogP contribution >= 0.6 is 0 Å². The first-order valence-electron chi connectivity index (χ1n) is 9.94. The van der Waals surface area contributed by atoms with Gasteiger partial charge in [-0.3, -0.25) is 9.59 Å². The van der Waals surface area contributed by atoms with Gasteiger partial charge in [0.15, 0.2) is 0 Å². The van der Waals surface area contributed by atoms with Crippen molar-refractivity contribution in [3.63, 3.8) is 0 Å². The van der Waals surface area contributed by atoms with Crippen molar-refractivity contribution in [3.05, 3.63) is 29.8 Å². The molecule has 0 aromatic heterocycles. The topological polar surface area (TPSA) is 66.9 Å². The van der Waals surface area contributed by atoms with Gasteiger partial charge >= 0.3 is 5.97 Å². The van der Waals surface area contributed by atoms with Gasteiger partial charge in [0.1, 0.15) is 0 Å². The van der Waals surface area contributed by atoms with Crippen LogP contribution in [0.15, 0.2) is 24.3 Å². The first kappa shape index (κ1) is 19.5. The van der Waals surface area contributed by atoms with Gasteiger partial charge in [-0.2, -0.15) is 0 Å². The number of amides is 2. The third-order valence-electron chi connectivity index (χ3n) is 5.30. The van der Waals surface area contributed by atoms with Crippen molar-refractivity contribution in [2.24, 2.45) is 5.92 Å². The van der Waals surface area contributed by atoms with Crippen molar-refractivity contribution in [1.82, 2.24) is 4.90 Å². The molecule has 2 aliphatic rings. The van der Waals surface area contributed by atoms with Gasteiger partial charge in [0.05, 0.1) is 17.9 Å². The van der Waals surface area contributed by atoms with E-state index in [2.05, 4.69) is 11.8 Å². The average molecular weight is 372 g/mol. The zero-order valence-corrected chi connectivity index (χ0v) is 16.0. The Hall–Kier alpha value is -2.21. The van der Waals surface area contributed by atoms with Gasteiger partial charge < -0.3 is 9.64 Å². The van der Waals surface area contributed by atoms with Crippen LogP contribution in [0.4, 0.5) is 5.69 Å². The van der Waals surface area contributed by atoms with E-state index < -0.39 is 5.97 Å². The first-order chi connectivity index (χ1) is 13.1. The predicted molar refractivity (Wildman–Crippen MR) is 103 cm³/mol. The van der Waals surface area contributed by atoms with Gasteiger partial charge in [-0.1, -0.05) is 25.5 Å². The Balaban J connectivity index is 1.62. The summed E-state index contributed by atoms with van der Waals surface area (Å²) >= 11 is 0. The van der Waals surface area contributed by atoms with Crippen LogP contribution in [0.3, 0.4) is 0 Å². The van der Waals surface area contributed by atoms with Crippen LogP contribution in [0.1, 0.15) is 55.8 Å². The van der Waals surface area contributed by atoms with Gasteiger partial charge in [-0.25, -0.2) is 9.69 Å². The van der Waals surface area contributed by atoms with Crippen LogP contribution in [0, 0.1) is 5.92 Å². The molecule has 3 rings (SSSR count). The number of nitrogens with zero attached hydrogens (tertiary/aromatic N) is 2. The van der Waals surface area contributed by atoms with Crippen LogP contribution in [-0.2, 0) is 14.3 Å². The monoisotopic (exact) mass is 372 g/mol. The van der Waals surface area contributed by atoms with Gasteiger partial charge in [-0.15, -0.1) is 0 Å². The minimum atomic E-state index is -0.469. The summed E-state index contributed by atoms with van der Waals surface area (Å²) in [6, 6.07) is 6.69. The molecule has 6 heteroatoms. The number of esters is 1. The van der Waals surface area contributed by atoms with Crippen LogP contribution < -0.4 is 4.90 Å². The van der Waals surface area contributed by atoms with E-state index in [0.717, 1.165) is 37.4 Å². The van der Waals surface area contributed by atoms with E-state index in [1.807, 2.05) is 0 Å². The third kappa shape index (κ3) is 4.75. The fourth-order valence-electron chi connectivity index (χ4n) is 3.83. The van der Waals surface area contributed by atoms with Crippen molar-refractivity contribution in [2.45, 2.75) is 45.4 Å². The Morgan fingerprint density at radius 2 is 1.93 bits per heavy atom. The molecule has 0 spiro atoms. The highest BCUT2D eigenvalue weighted by Gasteiger charge is 2.33. The second kappa shape index (κ2) is 9.13. The molecule has 1 aromatic carbocycles. The zero-order valence-electron chi connectivity index (χ0n) is 16.0. The number of unbranched alkanes of at least 4 members (excludes halogenated alkanes) is 1. The number of piperidine rings is 1. The Labute approximate surface area is 160 Å². The molecule has 0 radical (unpaired) electrons. The number of carbonyl (C=O) groups is 3. The molecule has 0 saturated carbocycles. The molecule has 2 saturated heterocycles. The first-order valence-corrected chi connectivity index (χ1v) is 9.94. The maximum atomic E-state index is 12.6. The van der Waals surface area contributed by atoms with Crippen molar-refractivity contribution < 1.29 is 19.1 Å². The highest BCUT2D eigenvalue weighted by Crippen LogP contribution is 2.27. The van der Waals surface area contributed by atoms with Gasteiger partial charge in [0.2, 0.25) is 11.8 Å². The predicted octanol–water partition coefficient (Wildman–Crippen LogP) is 3.01. The molecule has 0 aliphatic carbocycles. The van der Waals surface area contributed by atoms with Crippen molar-refractivity contribution in [1.29, 1.82) is 0 Å². The smallest absolute Gasteiger partial charge is 0.340 e. The lowest BCUT2D eigenvalue weighted by Crippen LogP contribution is -2.38. The number of hydrogen-bond donors (Lipinski definition) is 0. The normalized spacial score (nSPS) is 20.9. The number of hydrogen-bond acceptors (Lipinski definition) is 5. The molecular formula is C21H28N2O4. The van der Waals surface area contributed by atoms with E-state index in [4.69, 9.17) is 4.74 Å². The number of para-hydroxylation sites is 1. The molecule has 2 heterocycles. The van der Waals surface area contributed by atoms with Crippen molar-refractivity contribution in [3.8, 4) is 0 Å². The molecule has 27 heavy (non-hydrogen) atoms. The minimum absolute atomic E-state index is 0.192. The van der Waals surface area contributed by atoms with E-state index in [1.54, 1.807) is 24.3 Å². The maximum absolute atomic E-state index is 12.6. The summed E-state index contributed by atoms with van der Waals surface area (Å²) < 4.78 is 5.58. The number of carbonyl (C=O) groups excluding carboxylic acids is 3. The summed E-state index contributed by atoms with van der Waals surface area (Å²) in [5, 5.41) is 0. The van der Waals surface area contributed by atoms with E-state index in [0.29, 0.717) is 18.2 Å². The number of likely N-dealkylation sites (tertiary alicyclic amines) is 1. The summed E-state index contributed by atoms with van der Waals surface area (Å²) in [5.74, 6) is -0.663. The fraction of sp³-hybridized carbons (Fsp3) is 0.571. The van der Waals surface area contributed by atoms with Crippen LogP contribution in [0.25, 0.3) is 0 Å². The summed E-state index contributed by atoms with van der Waals surface area (Å²) in [7, 11) is 0.